The first-order valence-electron chi connectivity index (χ1n) is 18.2. The molecule has 246 valence electrons. The lowest BCUT2D eigenvalue weighted by Gasteiger charge is -2.61. The zero-order chi connectivity index (χ0) is 30.5. The molecule has 0 aromatic rings. The summed E-state index contributed by atoms with van der Waals surface area (Å²) < 4.78 is 18.8. The van der Waals surface area contributed by atoms with Gasteiger partial charge in [0.25, 0.3) is 0 Å². The van der Waals surface area contributed by atoms with Crippen molar-refractivity contribution in [2.75, 3.05) is 39.6 Å². The van der Waals surface area contributed by atoms with E-state index in [0.717, 1.165) is 69.9 Å². The summed E-state index contributed by atoms with van der Waals surface area (Å²) in [6.45, 7) is 15.0. The van der Waals surface area contributed by atoms with E-state index in [1.54, 1.807) is 0 Å². The highest BCUT2D eigenvalue weighted by Crippen LogP contribution is 2.71. The molecule has 8 aliphatic rings. The molecule has 4 heterocycles. The van der Waals surface area contributed by atoms with Gasteiger partial charge >= 0.3 is 0 Å². The quantitative estimate of drug-likeness (QED) is 0.438. The maximum Gasteiger partial charge on any atom is 0.230 e. The highest BCUT2D eigenvalue weighted by Gasteiger charge is 2.69. The van der Waals surface area contributed by atoms with E-state index in [2.05, 4.69) is 43.2 Å². The normalized spacial score (nSPS) is 50.5. The minimum atomic E-state index is -0.330. The van der Waals surface area contributed by atoms with E-state index < -0.39 is 0 Å². The summed E-state index contributed by atoms with van der Waals surface area (Å²) in [5, 5.41) is 6.21. The van der Waals surface area contributed by atoms with Crippen molar-refractivity contribution in [1.82, 2.24) is 15.5 Å². The molecule has 0 aromatic carbocycles. The first kappa shape index (κ1) is 30.1. The number of nitrogens with one attached hydrogen (secondary N) is 2. The van der Waals surface area contributed by atoms with Gasteiger partial charge in [-0.05, 0) is 104 Å². The summed E-state index contributed by atoms with van der Waals surface area (Å²) in [7, 11) is 0. The van der Waals surface area contributed by atoms with Crippen molar-refractivity contribution < 1.29 is 23.8 Å². The third kappa shape index (κ3) is 4.65. The predicted octanol–water partition coefficient (Wildman–Crippen LogP) is 4.71. The Labute approximate surface area is 264 Å². The molecule has 4 saturated carbocycles. The Balaban J connectivity index is 0.848. The van der Waals surface area contributed by atoms with E-state index in [1.807, 2.05) is 0 Å². The van der Waals surface area contributed by atoms with Crippen LogP contribution in [-0.2, 0) is 23.8 Å². The van der Waals surface area contributed by atoms with Crippen molar-refractivity contribution in [3.8, 4) is 0 Å². The van der Waals surface area contributed by atoms with Crippen LogP contribution >= 0.6 is 0 Å². The van der Waals surface area contributed by atoms with Gasteiger partial charge in [-0.15, -0.1) is 0 Å². The number of hydrogen-bond acceptors (Lipinski definition) is 6. The predicted molar refractivity (Wildman–Crippen MR) is 166 cm³/mol. The van der Waals surface area contributed by atoms with Crippen LogP contribution in [0.1, 0.15) is 98.3 Å². The monoisotopic (exact) mass is 611 g/mol. The van der Waals surface area contributed by atoms with Gasteiger partial charge in [-0.1, -0.05) is 27.7 Å². The SMILES string of the molecule is C[C@@H]1CC[C@@]2(OC1)O[C@H]1C[C@H]3[C@@H]4CC[C@@H]5CC(NC(=O)CC(=O)NCN6CC7(COC7)C6)CC[C@]5(C)[C@H]4CC[C@]3(C)[C@H]1[C@@H]2C. The summed E-state index contributed by atoms with van der Waals surface area (Å²) in [6, 6.07) is 0.196. The lowest BCUT2D eigenvalue weighted by Crippen LogP contribution is -2.67. The zero-order valence-electron chi connectivity index (χ0n) is 27.7. The van der Waals surface area contributed by atoms with Crippen molar-refractivity contribution in [2.24, 2.45) is 57.7 Å². The average molecular weight is 612 g/mol. The second-order valence-corrected chi connectivity index (χ2v) is 17.6. The van der Waals surface area contributed by atoms with Gasteiger partial charge in [-0.3, -0.25) is 14.5 Å². The number of carbonyl (C=O) groups is 2. The Kier molecular flexibility index (Phi) is 7.29. The Morgan fingerprint density at radius 1 is 0.886 bits per heavy atom. The molecule has 4 saturated heterocycles. The molecule has 2 amide bonds. The van der Waals surface area contributed by atoms with Gasteiger partial charge in [0, 0.05) is 36.9 Å². The van der Waals surface area contributed by atoms with E-state index in [9.17, 15) is 9.59 Å². The zero-order valence-corrected chi connectivity index (χ0v) is 27.7. The summed E-state index contributed by atoms with van der Waals surface area (Å²) in [6.07, 6.45) is 12.4. The molecule has 44 heavy (non-hydrogen) atoms. The van der Waals surface area contributed by atoms with Crippen LogP contribution in [-0.4, -0.2) is 74.2 Å². The molecule has 1 unspecified atom stereocenters. The first-order valence-corrected chi connectivity index (χ1v) is 18.2. The van der Waals surface area contributed by atoms with Gasteiger partial charge in [-0.25, -0.2) is 0 Å². The lowest BCUT2D eigenvalue weighted by atomic mass is 9.44. The van der Waals surface area contributed by atoms with Crippen LogP contribution in [0.25, 0.3) is 0 Å². The third-order valence-electron chi connectivity index (χ3n) is 15.1. The number of hydrogen-bond donors (Lipinski definition) is 2. The number of carbonyl (C=O) groups excluding carboxylic acids is 2. The van der Waals surface area contributed by atoms with Gasteiger partial charge in [-0.2, -0.15) is 0 Å². The smallest absolute Gasteiger partial charge is 0.230 e. The largest absolute Gasteiger partial charge is 0.380 e. The standard InChI is InChI=1S/C36H57N3O5/c1-22-7-12-36(43-16-22)23(2)32-29(44-36)14-28-26-6-5-24-13-25(8-10-33(24,3)27(26)9-11-34(28,32)4)38-31(41)15-30(40)37-21-39-17-35(18-39)19-42-20-35/h22-29,32H,5-21H2,1-4H3,(H,37,40)(H,38,41)/t22-,23+,24-,25?,26-,27+,28+,29+,32+,33+,34+,36-/m1/s1. The number of likely N-dealkylation sites (tertiary alicyclic amines) is 1. The van der Waals surface area contributed by atoms with Crippen molar-refractivity contribution >= 4 is 11.8 Å². The van der Waals surface area contributed by atoms with Crippen molar-refractivity contribution in [3.63, 3.8) is 0 Å². The maximum atomic E-state index is 12.9. The fraction of sp³-hybridized carbons (Fsp3) is 0.944. The molecule has 2 spiro atoms. The number of amides is 2. The summed E-state index contributed by atoms with van der Waals surface area (Å²) in [4.78, 5) is 27.6. The molecule has 0 radical (unpaired) electrons. The van der Waals surface area contributed by atoms with Crippen molar-refractivity contribution in [3.05, 3.63) is 0 Å². The topological polar surface area (TPSA) is 89.1 Å². The summed E-state index contributed by atoms with van der Waals surface area (Å²) in [5.41, 5.74) is 1.05. The number of rotatable bonds is 5. The van der Waals surface area contributed by atoms with E-state index in [1.165, 1.54) is 44.9 Å². The molecule has 2 N–H and O–H groups in total. The number of fused-ring (bicyclic) bond motifs is 7. The maximum absolute atomic E-state index is 12.9. The minimum absolute atomic E-state index is 0.0698. The molecule has 8 nitrogen and oxygen atoms in total. The van der Waals surface area contributed by atoms with Crippen LogP contribution in [0, 0.1) is 57.7 Å². The molecule has 4 aliphatic heterocycles. The Bertz CT molecular complexity index is 1140. The highest BCUT2D eigenvalue weighted by molar-refractivity contribution is 5.96. The van der Waals surface area contributed by atoms with E-state index in [-0.39, 0.29) is 30.1 Å². The van der Waals surface area contributed by atoms with Crippen LogP contribution in [0.2, 0.25) is 0 Å². The second-order valence-electron chi connectivity index (χ2n) is 17.6. The summed E-state index contributed by atoms with van der Waals surface area (Å²) in [5.74, 6) is 4.12. The molecular formula is C36H57N3O5. The highest BCUT2D eigenvalue weighted by atomic mass is 16.7. The van der Waals surface area contributed by atoms with Crippen LogP contribution in [0.4, 0.5) is 0 Å². The molecule has 8 rings (SSSR count). The minimum Gasteiger partial charge on any atom is -0.380 e. The molecule has 4 aliphatic carbocycles. The molecule has 8 heteroatoms. The Morgan fingerprint density at radius 2 is 1.68 bits per heavy atom. The summed E-state index contributed by atoms with van der Waals surface area (Å²) >= 11 is 0. The first-order chi connectivity index (χ1) is 21.0. The molecule has 8 fully saturated rings. The van der Waals surface area contributed by atoms with Gasteiger partial charge < -0.3 is 24.8 Å². The Morgan fingerprint density at radius 3 is 2.41 bits per heavy atom. The van der Waals surface area contributed by atoms with E-state index in [0.29, 0.717) is 52.7 Å². The van der Waals surface area contributed by atoms with E-state index in [4.69, 9.17) is 14.2 Å². The van der Waals surface area contributed by atoms with Crippen LogP contribution in [0.5, 0.6) is 0 Å². The number of ether oxygens (including phenoxy) is 3. The van der Waals surface area contributed by atoms with E-state index >= 15 is 0 Å². The van der Waals surface area contributed by atoms with Gasteiger partial charge in [0.15, 0.2) is 5.79 Å². The van der Waals surface area contributed by atoms with Crippen molar-refractivity contribution in [2.45, 2.75) is 116 Å². The number of nitrogens with zero attached hydrogens (tertiary/aromatic N) is 1. The molecule has 0 bridgehead atoms. The fourth-order valence-corrected chi connectivity index (χ4v) is 12.7. The van der Waals surface area contributed by atoms with Gasteiger partial charge in [0.05, 0.1) is 32.6 Å². The molecule has 0 aromatic heterocycles. The van der Waals surface area contributed by atoms with Crippen LogP contribution < -0.4 is 10.6 Å². The third-order valence-corrected chi connectivity index (χ3v) is 15.1. The Hall–Kier alpha value is -1.22. The van der Waals surface area contributed by atoms with Crippen LogP contribution in [0.3, 0.4) is 0 Å². The molecular weight excluding hydrogens is 554 g/mol. The van der Waals surface area contributed by atoms with Crippen LogP contribution in [0.15, 0.2) is 0 Å². The second kappa shape index (κ2) is 10.6. The fourth-order valence-electron chi connectivity index (χ4n) is 12.7. The van der Waals surface area contributed by atoms with Crippen molar-refractivity contribution in [1.29, 1.82) is 0 Å². The average Bonchev–Trinajstić information content (AvgIpc) is 3.38. The lowest BCUT2D eigenvalue weighted by molar-refractivity contribution is -0.273. The van der Waals surface area contributed by atoms with Gasteiger partial charge in [0.1, 0.15) is 6.42 Å². The molecule has 12 atom stereocenters. The van der Waals surface area contributed by atoms with Gasteiger partial charge in [0.2, 0.25) is 11.8 Å².